The van der Waals surface area contributed by atoms with Gasteiger partial charge in [0, 0.05) is 43.6 Å². The summed E-state index contributed by atoms with van der Waals surface area (Å²) in [4.78, 5) is 43.7. The van der Waals surface area contributed by atoms with Crippen molar-refractivity contribution < 1.29 is 19.4 Å². The number of piperidine rings is 1. The molecule has 0 unspecified atom stereocenters. The second kappa shape index (κ2) is 10.4. The van der Waals surface area contributed by atoms with E-state index < -0.39 is 11.6 Å². The van der Waals surface area contributed by atoms with E-state index in [1.807, 2.05) is 54.6 Å². The molecule has 2 aliphatic rings. The molecular weight excluding hydrogens is 500 g/mol. The summed E-state index contributed by atoms with van der Waals surface area (Å²) in [6, 6.07) is 7.37. The monoisotopic (exact) mass is 536 g/mol. The number of rotatable bonds is 5. The van der Waals surface area contributed by atoms with E-state index in [2.05, 4.69) is 17.2 Å². The summed E-state index contributed by atoms with van der Waals surface area (Å²) in [7, 11) is 0. The first kappa shape index (κ1) is 26.7. The normalized spacial score (nSPS) is 21.2. The van der Waals surface area contributed by atoms with Gasteiger partial charge in [0.25, 0.3) is 11.5 Å². The number of hydrogen-bond donors (Lipinski definition) is 3. The van der Waals surface area contributed by atoms with Crippen LogP contribution in [0.15, 0.2) is 35.3 Å². The van der Waals surface area contributed by atoms with Gasteiger partial charge in [-0.3, -0.25) is 14.3 Å². The largest absolute Gasteiger partial charge is 0.465 e. The van der Waals surface area contributed by atoms with Crippen LogP contribution in [-0.4, -0.2) is 80.1 Å². The number of carboxylic acid groups (broad SMARTS) is 1. The number of nitrogens with zero attached hydrogens (tertiary/aromatic N) is 4. The number of H-pyrrole nitrogens is 1. The maximum atomic E-state index is 13.3. The highest BCUT2D eigenvalue weighted by molar-refractivity contribution is 5.97. The van der Waals surface area contributed by atoms with Crippen molar-refractivity contribution in [3.63, 3.8) is 0 Å². The Balaban J connectivity index is 1.45. The van der Waals surface area contributed by atoms with Gasteiger partial charge in [0.15, 0.2) is 5.82 Å². The highest BCUT2D eigenvalue weighted by atomic mass is 16.5. The fourth-order valence-corrected chi connectivity index (χ4v) is 5.99. The van der Waals surface area contributed by atoms with Gasteiger partial charge in [0.1, 0.15) is 5.39 Å². The fourth-order valence-electron chi connectivity index (χ4n) is 5.99. The molecule has 39 heavy (non-hydrogen) atoms. The lowest BCUT2D eigenvalue weighted by molar-refractivity contribution is -0.0586. The molecule has 0 saturated carbocycles. The quantitative estimate of drug-likeness (QED) is 0.450. The molecular formula is C28H36N6O5. The van der Waals surface area contributed by atoms with Gasteiger partial charge in [-0.25, -0.2) is 4.79 Å². The molecule has 11 heteroatoms. The van der Waals surface area contributed by atoms with Crippen molar-refractivity contribution in [2.24, 2.45) is 0 Å². The second-order valence-electron chi connectivity index (χ2n) is 10.8. The van der Waals surface area contributed by atoms with Gasteiger partial charge in [0.2, 0.25) is 0 Å². The van der Waals surface area contributed by atoms with Gasteiger partial charge in [0.05, 0.1) is 23.3 Å². The van der Waals surface area contributed by atoms with E-state index in [1.54, 1.807) is 6.20 Å². The molecule has 11 nitrogen and oxygen atoms in total. The van der Waals surface area contributed by atoms with Gasteiger partial charge in [-0.1, -0.05) is 6.92 Å². The SMILES string of the molecule is CCC1(n2nc(Nc3ccc(C(=O)N4C[C@@H](C)O[C@@H](C)C4)c(C)c3)c3c(=O)[nH]ccc32)CCN(C(=O)O)CC1. The minimum atomic E-state index is -0.918. The van der Waals surface area contributed by atoms with E-state index in [-0.39, 0.29) is 23.7 Å². The maximum absolute atomic E-state index is 13.3. The first-order chi connectivity index (χ1) is 18.6. The Morgan fingerprint density at radius 2 is 1.85 bits per heavy atom. The van der Waals surface area contributed by atoms with Crippen LogP contribution in [0.1, 0.15) is 56.0 Å². The highest BCUT2D eigenvalue weighted by Crippen LogP contribution is 2.37. The van der Waals surface area contributed by atoms with Crippen LogP contribution in [0.5, 0.6) is 0 Å². The standard InChI is InChI=1S/C28H36N6O5/c1-5-28(9-12-32(13-10-28)27(37)38)34-22-8-11-29-25(35)23(22)24(31-34)30-20-6-7-21(17(2)14-20)26(36)33-15-18(3)39-19(4)16-33/h6-8,11,14,18-19H,5,9-10,12-13,15-16H2,1-4H3,(H,29,35)(H,30,31)(H,37,38)/t18-,19+. The zero-order chi connectivity index (χ0) is 27.9. The molecule has 2 aromatic heterocycles. The topological polar surface area (TPSA) is 133 Å². The number of benzene rings is 1. The van der Waals surface area contributed by atoms with Crippen LogP contribution in [0.3, 0.4) is 0 Å². The molecule has 2 aliphatic heterocycles. The molecule has 3 aromatic rings. The van der Waals surface area contributed by atoms with E-state index in [9.17, 15) is 19.5 Å². The highest BCUT2D eigenvalue weighted by Gasteiger charge is 2.38. The molecule has 0 aliphatic carbocycles. The average molecular weight is 537 g/mol. The Morgan fingerprint density at radius 1 is 1.15 bits per heavy atom. The fraction of sp³-hybridized carbons (Fsp3) is 0.500. The number of hydrogen-bond acceptors (Lipinski definition) is 6. The lowest BCUT2D eigenvalue weighted by atomic mass is 9.85. The third kappa shape index (κ3) is 4.98. The van der Waals surface area contributed by atoms with Gasteiger partial charge >= 0.3 is 6.09 Å². The second-order valence-corrected chi connectivity index (χ2v) is 10.8. The van der Waals surface area contributed by atoms with Crippen LogP contribution in [0.2, 0.25) is 0 Å². The van der Waals surface area contributed by atoms with Gasteiger partial charge < -0.3 is 29.9 Å². The third-order valence-electron chi connectivity index (χ3n) is 8.10. The lowest BCUT2D eigenvalue weighted by Crippen LogP contribution is -2.48. The number of nitrogens with one attached hydrogen (secondary N) is 2. The number of aryl methyl sites for hydroxylation is 1. The summed E-state index contributed by atoms with van der Waals surface area (Å²) in [6.07, 6.45) is 2.63. The molecule has 0 bridgehead atoms. The van der Waals surface area contributed by atoms with Crippen molar-refractivity contribution in [2.75, 3.05) is 31.5 Å². The molecule has 0 radical (unpaired) electrons. The zero-order valence-corrected chi connectivity index (χ0v) is 22.9. The minimum Gasteiger partial charge on any atom is -0.465 e. The van der Waals surface area contributed by atoms with Crippen molar-refractivity contribution in [3.8, 4) is 0 Å². The van der Waals surface area contributed by atoms with Gasteiger partial charge in [-0.15, -0.1) is 0 Å². The maximum Gasteiger partial charge on any atom is 0.407 e. The summed E-state index contributed by atoms with van der Waals surface area (Å²) >= 11 is 0. The molecule has 208 valence electrons. The zero-order valence-electron chi connectivity index (χ0n) is 22.9. The third-order valence-corrected chi connectivity index (χ3v) is 8.10. The van der Waals surface area contributed by atoms with Crippen molar-refractivity contribution in [1.82, 2.24) is 24.6 Å². The molecule has 0 spiro atoms. The lowest BCUT2D eigenvalue weighted by Gasteiger charge is -2.41. The number of fused-ring (bicyclic) bond motifs is 1. The molecule has 2 amide bonds. The van der Waals surface area contributed by atoms with Crippen molar-refractivity contribution in [2.45, 2.75) is 64.7 Å². The summed E-state index contributed by atoms with van der Waals surface area (Å²) < 4.78 is 7.68. The number of morpholine rings is 1. The molecule has 2 fully saturated rings. The Kier molecular flexibility index (Phi) is 7.11. The van der Waals surface area contributed by atoms with E-state index in [0.717, 1.165) is 12.0 Å². The molecule has 2 atom stereocenters. The smallest absolute Gasteiger partial charge is 0.407 e. The summed E-state index contributed by atoms with van der Waals surface area (Å²) in [5, 5.41) is 18.1. The number of amides is 2. The van der Waals surface area contributed by atoms with Crippen LogP contribution in [0, 0.1) is 6.92 Å². The Morgan fingerprint density at radius 3 is 2.46 bits per heavy atom. The van der Waals surface area contributed by atoms with Crippen LogP contribution >= 0.6 is 0 Å². The van der Waals surface area contributed by atoms with E-state index in [1.165, 1.54) is 4.90 Å². The number of carbonyl (C=O) groups is 2. The number of aromatic amines is 1. The first-order valence-corrected chi connectivity index (χ1v) is 13.5. The Hall–Kier alpha value is -3.86. The minimum absolute atomic E-state index is 0.0109. The number of aromatic nitrogens is 3. The van der Waals surface area contributed by atoms with Crippen molar-refractivity contribution in [3.05, 3.63) is 51.9 Å². The van der Waals surface area contributed by atoms with Crippen LogP contribution in [0.4, 0.5) is 16.3 Å². The number of ether oxygens (including phenoxy) is 1. The van der Waals surface area contributed by atoms with Crippen LogP contribution < -0.4 is 10.9 Å². The van der Waals surface area contributed by atoms with Crippen LogP contribution in [0.25, 0.3) is 10.9 Å². The summed E-state index contributed by atoms with van der Waals surface area (Å²) in [5.41, 5.74) is 2.20. The average Bonchev–Trinajstić information content (AvgIpc) is 3.28. The van der Waals surface area contributed by atoms with Gasteiger partial charge in [-0.05, 0) is 69.9 Å². The predicted octanol–water partition coefficient (Wildman–Crippen LogP) is 3.91. The number of likely N-dealkylation sites (tertiary alicyclic amines) is 1. The molecule has 4 heterocycles. The Bertz CT molecular complexity index is 1440. The summed E-state index contributed by atoms with van der Waals surface area (Å²) in [5.74, 6) is 0.402. The van der Waals surface area contributed by atoms with E-state index in [4.69, 9.17) is 9.84 Å². The van der Waals surface area contributed by atoms with Crippen molar-refractivity contribution in [1.29, 1.82) is 0 Å². The Labute approximate surface area is 226 Å². The van der Waals surface area contributed by atoms with Crippen LogP contribution in [-0.2, 0) is 10.3 Å². The molecule has 5 rings (SSSR count). The predicted molar refractivity (Wildman–Crippen MR) is 148 cm³/mol. The molecule has 3 N–H and O–H groups in total. The molecule has 2 saturated heterocycles. The van der Waals surface area contributed by atoms with E-state index in [0.29, 0.717) is 67.0 Å². The number of carbonyl (C=O) groups excluding carboxylic acids is 1. The summed E-state index contributed by atoms with van der Waals surface area (Å²) in [6.45, 7) is 9.84. The number of anilines is 2. The van der Waals surface area contributed by atoms with E-state index >= 15 is 0 Å². The number of pyridine rings is 1. The first-order valence-electron chi connectivity index (χ1n) is 13.5. The van der Waals surface area contributed by atoms with Gasteiger partial charge in [-0.2, -0.15) is 5.10 Å². The molecule has 1 aromatic carbocycles. The van der Waals surface area contributed by atoms with Crippen molar-refractivity contribution >= 4 is 34.4 Å².